The van der Waals surface area contributed by atoms with Gasteiger partial charge < -0.3 is 15.3 Å². The fourth-order valence-corrected chi connectivity index (χ4v) is 5.69. The molecule has 0 heterocycles. The number of nitrogens with one attached hydrogen (secondary N) is 1. The highest BCUT2D eigenvalue weighted by Crippen LogP contribution is 2.34. The van der Waals surface area contributed by atoms with Gasteiger partial charge in [-0.15, -0.1) is 0 Å². The molecule has 0 spiro atoms. The first kappa shape index (κ1) is 28.3. The van der Waals surface area contributed by atoms with E-state index >= 15 is 0 Å². The molecule has 0 fully saturated rings. The van der Waals surface area contributed by atoms with Crippen LogP contribution in [0.2, 0.25) is 0 Å². The van der Waals surface area contributed by atoms with Crippen molar-refractivity contribution in [1.29, 1.82) is 0 Å². The van der Waals surface area contributed by atoms with Gasteiger partial charge in [0.1, 0.15) is 5.54 Å². The van der Waals surface area contributed by atoms with Crippen LogP contribution in [0.5, 0.6) is 0 Å². The number of rotatable bonds is 12. The molecule has 1 aromatic carbocycles. The van der Waals surface area contributed by atoms with E-state index in [2.05, 4.69) is 48.5 Å². The Hall–Kier alpha value is -2.31. The zero-order chi connectivity index (χ0) is 26.1. The normalized spacial score (nSPS) is 19.7. The van der Waals surface area contributed by atoms with Gasteiger partial charge >= 0.3 is 5.97 Å². The number of nitrogens with zero attached hydrogens (tertiary/aromatic N) is 1. The predicted octanol–water partition coefficient (Wildman–Crippen LogP) is 5.86. The van der Waals surface area contributed by atoms with Crippen molar-refractivity contribution in [2.45, 2.75) is 64.3 Å². The average Bonchev–Trinajstić information content (AvgIpc) is 2.87. The number of carbonyl (C=O) groups is 2. The summed E-state index contributed by atoms with van der Waals surface area (Å²) in [6, 6.07) is 8.14. The van der Waals surface area contributed by atoms with Crippen molar-refractivity contribution < 1.29 is 14.7 Å². The SMILES string of the molecule is CSCCC(C)(NC(=O)C1=C(c2ccccc2C)CC(CN(C)CCC2=CCCCC2)C=C1)C(=O)O. The second kappa shape index (κ2) is 13.3. The maximum atomic E-state index is 13.5. The zero-order valence-corrected chi connectivity index (χ0v) is 23.1. The molecule has 2 atom stereocenters. The predicted molar refractivity (Wildman–Crippen MR) is 151 cm³/mol. The van der Waals surface area contributed by atoms with Crippen LogP contribution in [-0.2, 0) is 9.59 Å². The summed E-state index contributed by atoms with van der Waals surface area (Å²) in [5.41, 5.74) is 4.05. The number of aryl methyl sites for hydroxylation is 1. The first-order valence-electron chi connectivity index (χ1n) is 13.1. The lowest BCUT2D eigenvalue weighted by molar-refractivity contribution is -0.146. The van der Waals surface area contributed by atoms with Gasteiger partial charge in [0.2, 0.25) is 0 Å². The summed E-state index contributed by atoms with van der Waals surface area (Å²) in [5.74, 6) is -0.362. The van der Waals surface area contributed by atoms with E-state index < -0.39 is 11.5 Å². The Morgan fingerprint density at radius 1 is 1.25 bits per heavy atom. The summed E-state index contributed by atoms with van der Waals surface area (Å²) in [6.07, 6.45) is 15.8. The third-order valence-electron chi connectivity index (χ3n) is 7.45. The number of carbonyl (C=O) groups excluding carboxylic acids is 1. The van der Waals surface area contributed by atoms with Crippen molar-refractivity contribution >= 4 is 29.2 Å². The van der Waals surface area contributed by atoms with Crippen LogP contribution in [0.15, 0.2) is 53.6 Å². The molecule has 1 amide bonds. The summed E-state index contributed by atoms with van der Waals surface area (Å²) in [5, 5.41) is 12.7. The highest BCUT2D eigenvalue weighted by atomic mass is 32.2. The first-order valence-corrected chi connectivity index (χ1v) is 14.5. The molecule has 6 heteroatoms. The van der Waals surface area contributed by atoms with Crippen LogP contribution in [0.4, 0.5) is 0 Å². The van der Waals surface area contributed by atoms with Gasteiger partial charge in [-0.2, -0.15) is 11.8 Å². The van der Waals surface area contributed by atoms with E-state index in [-0.39, 0.29) is 5.91 Å². The molecule has 0 saturated heterocycles. The number of hydrogen-bond acceptors (Lipinski definition) is 4. The number of hydrogen-bond donors (Lipinski definition) is 2. The highest BCUT2D eigenvalue weighted by molar-refractivity contribution is 7.98. The Kier molecular flexibility index (Phi) is 10.4. The summed E-state index contributed by atoms with van der Waals surface area (Å²) in [4.78, 5) is 27.9. The Labute approximate surface area is 221 Å². The van der Waals surface area contributed by atoms with Crippen molar-refractivity contribution in [3.63, 3.8) is 0 Å². The fraction of sp³-hybridized carbons (Fsp3) is 0.533. The molecule has 0 saturated carbocycles. The van der Waals surface area contributed by atoms with Gasteiger partial charge in [-0.3, -0.25) is 4.79 Å². The van der Waals surface area contributed by atoms with Gasteiger partial charge in [0, 0.05) is 18.7 Å². The van der Waals surface area contributed by atoms with Crippen molar-refractivity contribution in [2.75, 3.05) is 32.1 Å². The van der Waals surface area contributed by atoms with E-state index in [0.29, 0.717) is 23.7 Å². The molecule has 3 rings (SSSR count). The lowest BCUT2D eigenvalue weighted by Gasteiger charge is -2.30. The third-order valence-corrected chi connectivity index (χ3v) is 8.07. The average molecular weight is 511 g/mol. The van der Waals surface area contributed by atoms with E-state index in [4.69, 9.17) is 0 Å². The van der Waals surface area contributed by atoms with Gasteiger partial charge in [-0.1, -0.05) is 48.1 Å². The standard InChI is InChI=1S/C30H42N2O3S/c1-22-10-8-9-13-25(22)27-20-24(21-32(3)18-16-23-11-6-5-7-12-23)14-15-26(27)28(33)31-30(2,29(34)35)17-19-36-4/h8-11,13-15,24H,5-7,12,16-21H2,1-4H3,(H,31,33)(H,34,35). The van der Waals surface area contributed by atoms with Gasteiger partial charge in [0.15, 0.2) is 0 Å². The molecular weight excluding hydrogens is 468 g/mol. The van der Waals surface area contributed by atoms with Crippen LogP contribution in [0, 0.1) is 12.8 Å². The molecule has 2 N–H and O–H groups in total. The van der Waals surface area contributed by atoms with Gasteiger partial charge in [-0.05, 0) is 100 Å². The molecule has 0 aliphatic heterocycles. The topological polar surface area (TPSA) is 69.6 Å². The van der Waals surface area contributed by atoms with Gasteiger partial charge in [0.25, 0.3) is 5.91 Å². The maximum absolute atomic E-state index is 13.5. The molecule has 1 aromatic rings. The number of allylic oxidation sites excluding steroid dienone is 2. The quantitative estimate of drug-likeness (QED) is 0.345. The minimum Gasteiger partial charge on any atom is -0.480 e. The van der Waals surface area contributed by atoms with E-state index in [1.54, 1.807) is 24.3 Å². The molecule has 0 bridgehead atoms. The van der Waals surface area contributed by atoms with E-state index in [9.17, 15) is 14.7 Å². The number of carboxylic acid groups (broad SMARTS) is 1. The molecule has 36 heavy (non-hydrogen) atoms. The first-order chi connectivity index (χ1) is 17.2. The minimum absolute atomic E-state index is 0.295. The second-order valence-corrected chi connectivity index (χ2v) is 11.5. The Bertz CT molecular complexity index is 1030. The maximum Gasteiger partial charge on any atom is 0.329 e. The van der Waals surface area contributed by atoms with E-state index in [0.717, 1.165) is 42.6 Å². The lowest BCUT2D eigenvalue weighted by atomic mass is 9.83. The molecule has 196 valence electrons. The van der Waals surface area contributed by atoms with Crippen LogP contribution >= 0.6 is 11.8 Å². The van der Waals surface area contributed by atoms with Gasteiger partial charge in [0.05, 0.1) is 0 Å². The molecule has 0 aromatic heterocycles. The Morgan fingerprint density at radius 2 is 2.03 bits per heavy atom. The molecule has 2 unspecified atom stereocenters. The number of aliphatic carboxylic acids is 1. The molecule has 5 nitrogen and oxygen atoms in total. The summed E-state index contributed by atoms with van der Waals surface area (Å²) >= 11 is 1.58. The third kappa shape index (κ3) is 7.59. The number of benzene rings is 1. The summed E-state index contributed by atoms with van der Waals surface area (Å²) in [6.45, 7) is 5.63. The second-order valence-electron chi connectivity index (χ2n) is 10.5. The summed E-state index contributed by atoms with van der Waals surface area (Å²) < 4.78 is 0. The number of amides is 1. The number of thioether (sulfide) groups is 1. The van der Waals surface area contributed by atoms with Crippen LogP contribution in [-0.4, -0.2) is 59.6 Å². The molecule has 2 aliphatic rings. The Balaban J connectivity index is 1.78. The van der Waals surface area contributed by atoms with Gasteiger partial charge in [-0.25, -0.2) is 4.79 Å². The van der Waals surface area contributed by atoms with E-state index in [1.165, 1.54) is 25.7 Å². The highest BCUT2D eigenvalue weighted by Gasteiger charge is 2.36. The van der Waals surface area contributed by atoms with Crippen LogP contribution < -0.4 is 5.32 Å². The van der Waals surface area contributed by atoms with Crippen LogP contribution in [0.25, 0.3) is 5.57 Å². The molecule has 2 aliphatic carbocycles. The van der Waals surface area contributed by atoms with Crippen molar-refractivity contribution in [3.8, 4) is 0 Å². The largest absolute Gasteiger partial charge is 0.480 e. The minimum atomic E-state index is -1.30. The molecule has 0 radical (unpaired) electrons. The fourth-order valence-electron chi connectivity index (χ4n) is 5.08. The van der Waals surface area contributed by atoms with Crippen LogP contribution in [0.1, 0.15) is 63.0 Å². The smallest absolute Gasteiger partial charge is 0.329 e. The Morgan fingerprint density at radius 3 is 2.69 bits per heavy atom. The molecular formula is C30H42N2O3S. The van der Waals surface area contributed by atoms with Crippen molar-refractivity contribution in [3.05, 3.63) is 64.8 Å². The zero-order valence-electron chi connectivity index (χ0n) is 22.3. The number of carboxylic acids is 1. The van der Waals surface area contributed by atoms with E-state index in [1.807, 2.05) is 24.5 Å². The van der Waals surface area contributed by atoms with Crippen molar-refractivity contribution in [1.82, 2.24) is 10.2 Å². The summed E-state index contributed by atoms with van der Waals surface area (Å²) in [7, 11) is 2.18. The lowest BCUT2D eigenvalue weighted by Crippen LogP contribution is -2.53. The monoisotopic (exact) mass is 510 g/mol. The van der Waals surface area contributed by atoms with Crippen molar-refractivity contribution in [2.24, 2.45) is 5.92 Å². The van der Waals surface area contributed by atoms with Crippen LogP contribution in [0.3, 0.4) is 0 Å².